The van der Waals surface area contributed by atoms with Crippen LogP contribution in [0.5, 0.6) is 0 Å². The Morgan fingerprint density at radius 1 is 1.14 bits per heavy atom. The summed E-state index contributed by atoms with van der Waals surface area (Å²) in [6.07, 6.45) is 5.96. The van der Waals surface area contributed by atoms with E-state index in [9.17, 15) is 4.79 Å². The molecule has 0 aliphatic rings. The van der Waals surface area contributed by atoms with Gasteiger partial charge in [0.05, 0.1) is 12.2 Å². The van der Waals surface area contributed by atoms with Gasteiger partial charge in [-0.3, -0.25) is 0 Å². The zero-order valence-corrected chi connectivity index (χ0v) is 14.6. The third-order valence-corrected chi connectivity index (χ3v) is 3.82. The number of unbranched alkanes of at least 4 members (excludes halogenated alkanes) is 3. The first kappa shape index (κ1) is 18.5. The molecule has 0 heterocycles. The lowest BCUT2D eigenvalue weighted by Crippen LogP contribution is -2.18. The standard InChI is InChI=1S/C19H31NO2/c1-5-6-7-8-14-20(4)18-11-9-17(10-12-18)19(21)22-15-13-16(2)3/h9-12,16H,5-8,13-15H2,1-4H3. The summed E-state index contributed by atoms with van der Waals surface area (Å²) in [7, 11) is 2.10. The molecule has 0 aromatic heterocycles. The first-order valence-electron chi connectivity index (χ1n) is 8.53. The van der Waals surface area contributed by atoms with E-state index in [1.807, 2.05) is 24.3 Å². The van der Waals surface area contributed by atoms with Gasteiger partial charge in [-0.05, 0) is 43.0 Å². The van der Waals surface area contributed by atoms with E-state index in [1.54, 1.807) is 0 Å². The number of rotatable bonds is 10. The number of nitrogens with zero attached hydrogens (tertiary/aromatic N) is 1. The Labute approximate surface area is 135 Å². The molecule has 3 nitrogen and oxygen atoms in total. The number of anilines is 1. The highest BCUT2D eigenvalue weighted by Crippen LogP contribution is 2.15. The fourth-order valence-electron chi connectivity index (χ4n) is 2.23. The lowest BCUT2D eigenvalue weighted by Gasteiger charge is -2.19. The molecule has 0 radical (unpaired) electrons. The van der Waals surface area contributed by atoms with Crippen LogP contribution in [-0.2, 0) is 4.74 Å². The minimum atomic E-state index is -0.224. The maximum Gasteiger partial charge on any atom is 0.338 e. The quantitative estimate of drug-likeness (QED) is 0.454. The van der Waals surface area contributed by atoms with Gasteiger partial charge in [-0.25, -0.2) is 4.79 Å². The van der Waals surface area contributed by atoms with Gasteiger partial charge in [0, 0.05) is 19.3 Å². The van der Waals surface area contributed by atoms with Crippen LogP contribution in [0, 0.1) is 5.92 Å². The monoisotopic (exact) mass is 305 g/mol. The average molecular weight is 305 g/mol. The number of hydrogen-bond donors (Lipinski definition) is 0. The maximum absolute atomic E-state index is 11.9. The summed E-state index contributed by atoms with van der Waals surface area (Å²) in [5.74, 6) is 0.328. The van der Waals surface area contributed by atoms with Crippen LogP contribution in [0.1, 0.15) is 63.2 Å². The second-order valence-corrected chi connectivity index (χ2v) is 6.35. The SMILES string of the molecule is CCCCCCN(C)c1ccc(C(=O)OCCC(C)C)cc1. The van der Waals surface area contributed by atoms with Crippen molar-refractivity contribution in [2.75, 3.05) is 25.1 Å². The summed E-state index contributed by atoms with van der Waals surface area (Å²) in [6.45, 7) is 8.02. The summed E-state index contributed by atoms with van der Waals surface area (Å²) in [5, 5.41) is 0. The first-order valence-corrected chi connectivity index (χ1v) is 8.53. The number of ether oxygens (including phenoxy) is 1. The number of carbonyl (C=O) groups excluding carboxylic acids is 1. The van der Waals surface area contributed by atoms with E-state index in [4.69, 9.17) is 4.74 Å². The molecular weight excluding hydrogens is 274 g/mol. The Hall–Kier alpha value is -1.51. The van der Waals surface area contributed by atoms with E-state index < -0.39 is 0 Å². The average Bonchev–Trinajstić information content (AvgIpc) is 2.51. The predicted octanol–water partition coefficient (Wildman–Crippen LogP) is 4.91. The Balaban J connectivity index is 2.42. The Kier molecular flexibility index (Phi) is 8.64. The van der Waals surface area contributed by atoms with Gasteiger partial charge in [0.2, 0.25) is 0 Å². The largest absolute Gasteiger partial charge is 0.462 e. The van der Waals surface area contributed by atoms with E-state index in [-0.39, 0.29) is 5.97 Å². The van der Waals surface area contributed by atoms with Gasteiger partial charge in [-0.1, -0.05) is 40.0 Å². The lowest BCUT2D eigenvalue weighted by atomic mass is 10.1. The first-order chi connectivity index (χ1) is 10.5. The second kappa shape index (κ2) is 10.3. The number of hydrogen-bond acceptors (Lipinski definition) is 3. The highest BCUT2D eigenvalue weighted by atomic mass is 16.5. The van der Waals surface area contributed by atoms with Crippen LogP contribution >= 0.6 is 0 Å². The van der Waals surface area contributed by atoms with Crippen LogP contribution in [-0.4, -0.2) is 26.2 Å². The summed E-state index contributed by atoms with van der Waals surface area (Å²) in [6, 6.07) is 7.71. The number of esters is 1. The van der Waals surface area contributed by atoms with Crippen LogP contribution in [0.25, 0.3) is 0 Å². The Bertz CT molecular complexity index is 426. The molecule has 0 spiro atoms. The van der Waals surface area contributed by atoms with Crippen molar-refractivity contribution < 1.29 is 9.53 Å². The molecule has 124 valence electrons. The normalized spacial score (nSPS) is 10.8. The van der Waals surface area contributed by atoms with Crippen molar-refractivity contribution in [3.05, 3.63) is 29.8 Å². The van der Waals surface area contributed by atoms with Gasteiger partial charge in [0.15, 0.2) is 0 Å². The fourth-order valence-corrected chi connectivity index (χ4v) is 2.23. The van der Waals surface area contributed by atoms with E-state index in [0.717, 1.165) is 18.7 Å². The predicted molar refractivity (Wildman–Crippen MR) is 93.6 cm³/mol. The van der Waals surface area contributed by atoms with Crippen molar-refractivity contribution in [1.82, 2.24) is 0 Å². The molecule has 3 heteroatoms. The number of carbonyl (C=O) groups is 1. The molecular formula is C19H31NO2. The molecule has 0 fully saturated rings. The van der Waals surface area contributed by atoms with Gasteiger partial charge < -0.3 is 9.64 Å². The minimum absolute atomic E-state index is 0.224. The third kappa shape index (κ3) is 6.97. The Morgan fingerprint density at radius 2 is 1.82 bits per heavy atom. The van der Waals surface area contributed by atoms with Crippen molar-refractivity contribution in [1.29, 1.82) is 0 Å². The van der Waals surface area contributed by atoms with Crippen LogP contribution in [0.15, 0.2) is 24.3 Å². The van der Waals surface area contributed by atoms with Gasteiger partial charge in [0.1, 0.15) is 0 Å². The third-order valence-electron chi connectivity index (χ3n) is 3.82. The van der Waals surface area contributed by atoms with Crippen LogP contribution in [0.2, 0.25) is 0 Å². The van der Waals surface area contributed by atoms with Gasteiger partial charge in [0.25, 0.3) is 0 Å². The molecule has 1 rings (SSSR count). The summed E-state index contributed by atoms with van der Waals surface area (Å²) in [5.41, 5.74) is 1.78. The number of benzene rings is 1. The topological polar surface area (TPSA) is 29.5 Å². The summed E-state index contributed by atoms with van der Waals surface area (Å²) in [4.78, 5) is 14.2. The van der Waals surface area contributed by atoms with Crippen molar-refractivity contribution in [3.63, 3.8) is 0 Å². The van der Waals surface area contributed by atoms with E-state index >= 15 is 0 Å². The van der Waals surface area contributed by atoms with Crippen LogP contribution in [0.4, 0.5) is 5.69 Å². The summed E-state index contributed by atoms with van der Waals surface area (Å²) >= 11 is 0. The van der Waals surface area contributed by atoms with E-state index in [1.165, 1.54) is 25.7 Å². The van der Waals surface area contributed by atoms with Gasteiger partial charge in [-0.15, -0.1) is 0 Å². The molecule has 0 saturated carbocycles. The van der Waals surface area contributed by atoms with Crippen LogP contribution < -0.4 is 4.90 Å². The molecule has 0 saturated heterocycles. The van der Waals surface area contributed by atoms with Crippen molar-refractivity contribution in [3.8, 4) is 0 Å². The molecule has 0 unspecified atom stereocenters. The van der Waals surface area contributed by atoms with E-state index in [2.05, 4.69) is 32.7 Å². The van der Waals surface area contributed by atoms with Crippen molar-refractivity contribution in [2.45, 2.75) is 52.9 Å². The molecule has 0 atom stereocenters. The summed E-state index contributed by atoms with van der Waals surface area (Å²) < 4.78 is 5.28. The molecule has 0 bridgehead atoms. The fraction of sp³-hybridized carbons (Fsp3) is 0.632. The van der Waals surface area contributed by atoms with Crippen molar-refractivity contribution >= 4 is 11.7 Å². The smallest absolute Gasteiger partial charge is 0.338 e. The maximum atomic E-state index is 11.9. The molecule has 0 aliphatic heterocycles. The van der Waals surface area contributed by atoms with Gasteiger partial charge >= 0.3 is 5.97 Å². The zero-order valence-electron chi connectivity index (χ0n) is 14.6. The molecule has 1 aromatic rings. The molecule has 0 amide bonds. The molecule has 0 N–H and O–H groups in total. The Morgan fingerprint density at radius 3 is 2.41 bits per heavy atom. The van der Waals surface area contributed by atoms with Crippen LogP contribution in [0.3, 0.4) is 0 Å². The zero-order chi connectivity index (χ0) is 16.4. The van der Waals surface area contributed by atoms with E-state index in [0.29, 0.717) is 18.1 Å². The highest BCUT2D eigenvalue weighted by molar-refractivity contribution is 5.89. The second-order valence-electron chi connectivity index (χ2n) is 6.35. The minimum Gasteiger partial charge on any atom is -0.462 e. The van der Waals surface area contributed by atoms with Crippen molar-refractivity contribution in [2.24, 2.45) is 5.92 Å². The molecule has 22 heavy (non-hydrogen) atoms. The lowest BCUT2D eigenvalue weighted by molar-refractivity contribution is 0.0488. The highest BCUT2D eigenvalue weighted by Gasteiger charge is 2.08. The van der Waals surface area contributed by atoms with Gasteiger partial charge in [-0.2, -0.15) is 0 Å². The molecule has 1 aromatic carbocycles. The molecule has 0 aliphatic carbocycles.